The Balaban J connectivity index is 1.60. The molecule has 3 aromatic heterocycles. The number of benzene rings is 3. The molecule has 0 spiro atoms. The number of nitrogens with zero attached hydrogens (tertiary/aromatic N) is 5. The predicted molar refractivity (Wildman–Crippen MR) is 146 cm³/mol. The maximum Gasteiger partial charge on any atom is 0.191 e. The number of nitrogens with two attached hydrogens (primary N) is 1. The Morgan fingerprint density at radius 3 is 2.46 bits per heavy atom. The van der Waals surface area contributed by atoms with Crippen LogP contribution in [0, 0.1) is 6.92 Å². The average molecular weight is 477 g/mol. The lowest BCUT2D eigenvalue weighted by molar-refractivity contribution is 0.827. The zero-order valence-electron chi connectivity index (χ0n) is 19.8. The van der Waals surface area contributed by atoms with Crippen molar-refractivity contribution < 1.29 is 0 Å². The number of fused-ring (bicyclic) bond motifs is 4. The van der Waals surface area contributed by atoms with Crippen LogP contribution in [0.15, 0.2) is 71.9 Å². The number of pyridine rings is 1. The van der Waals surface area contributed by atoms with Gasteiger partial charge in [0.2, 0.25) is 0 Å². The summed E-state index contributed by atoms with van der Waals surface area (Å²) >= 11 is 1.51. The molecule has 0 radical (unpaired) electrons. The molecule has 0 fully saturated rings. The van der Waals surface area contributed by atoms with Crippen LogP contribution in [0.25, 0.3) is 55.5 Å². The number of thioether (sulfide) groups is 1. The summed E-state index contributed by atoms with van der Waals surface area (Å²) in [5, 5.41) is 3.94. The number of aromatic nitrogens is 5. The van der Waals surface area contributed by atoms with E-state index in [1.165, 1.54) is 28.2 Å². The predicted octanol–water partition coefficient (Wildman–Crippen LogP) is 6.49. The number of anilines is 1. The summed E-state index contributed by atoms with van der Waals surface area (Å²) in [5.41, 5.74) is 13.1. The molecule has 3 heterocycles. The number of rotatable bonds is 4. The van der Waals surface area contributed by atoms with Gasteiger partial charge in [0.1, 0.15) is 0 Å². The van der Waals surface area contributed by atoms with Crippen molar-refractivity contribution in [3.8, 4) is 22.8 Å². The van der Waals surface area contributed by atoms with E-state index in [9.17, 15) is 0 Å². The fraction of sp³-hybridized carbons (Fsp3) is 0.143. The van der Waals surface area contributed by atoms with Crippen LogP contribution in [-0.4, -0.2) is 30.8 Å². The zero-order chi connectivity index (χ0) is 24.1. The second-order valence-electron chi connectivity index (χ2n) is 8.52. The van der Waals surface area contributed by atoms with E-state index in [0.29, 0.717) is 22.5 Å². The summed E-state index contributed by atoms with van der Waals surface area (Å²) in [5.74, 6) is 1.29. The number of para-hydroxylation sites is 1. The second-order valence-corrected chi connectivity index (χ2v) is 9.29. The molecule has 35 heavy (non-hydrogen) atoms. The molecule has 0 saturated heterocycles. The van der Waals surface area contributed by atoms with Crippen molar-refractivity contribution in [2.75, 3.05) is 12.0 Å². The Bertz CT molecular complexity index is 1750. The van der Waals surface area contributed by atoms with E-state index >= 15 is 0 Å². The van der Waals surface area contributed by atoms with Gasteiger partial charge in [0.05, 0.1) is 5.52 Å². The van der Waals surface area contributed by atoms with Gasteiger partial charge in [-0.1, -0.05) is 42.1 Å². The molecular formula is C28H24N6S. The molecule has 0 amide bonds. The summed E-state index contributed by atoms with van der Waals surface area (Å²) in [6, 6.07) is 22.7. The lowest BCUT2D eigenvalue weighted by atomic mass is 10.1. The Labute approximate surface area is 207 Å². The van der Waals surface area contributed by atoms with Gasteiger partial charge in [-0.15, -0.1) is 0 Å². The van der Waals surface area contributed by atoms with Crippen LogP contribution in [0.2, 0.25) is 0 Å². The lowest BCUT2D eigenvalue weighted by Gasteiger charge is -2.10. The molecule has 2 N–H and O–H groups in total. The Morgan fingerprint density at radius 1 is 0.829 bits per heavy atom. The summed E-state index contributed by atoms with van der Waals surface area (Å²) in [6.07, 6.45) is 1.98. The van der Waals surface area contributed by atoms with E-state index in [2.05, 4.69) is 58.9 Å². The molecule has 7 heteroatoms. The third-order valence-electron chi connectivity index (χ3n) is 6.38. The molecule has 0 aliphatic heterocycles. The number of hydrogen-bond acceptors (Lipinski definition) is 6. The summed E-state index contributed by atoms with van der Waals surface area (Å²) < 4.78 is 2.34. The highest BCUT2D eigenvalue weighted by atomic mass is 32.2. The van der Waals surface area contributed by atoms with Crippen LogP contribution in [0.1, 0.15) is 12.6 Å². The molecule has 0 aliphatic carbocycles. The first-order chi connectivity index (χ1) is 17.1. The monoisotopic (exact) mass is 476 g/mol. The molecule has 6 aromatic rings. The van der Waals surface area contributed by atoms with Gasteiger partial charge in [-0.3, -0.25) is 4.98 Å². The van der Waals surface area contributed by atoms with E-state index in [-0.39, 0.29) is 0 Å². The first kappa shape index (κ1) is 21.6. The van der Waals surface area contributed by atoms with Crippen molar-refractivity contribution in [2.24, 2.45) is 0 Å². The van der Waals surface area contributed by atoms with Crippen molar-refractivity contribution in [3.05, 3.63) is 72.4 Å². The second kappa shape index (κ2) is 8.36. The SMILES string of the molecule is CCn1c2ccccc2c2c(-c3nc(SC)nc(-c4ccc5nc(C)cc(N)c5c4)n3)cccc21. The maximum atomic E-state index is 6.31. The first-order valence-electron chi connectivity index (χ1n) is 11.5. The molecule has 0 aliphatic rings. The van der Waals surface area contributed by atoms with Crippen LogP contribution in [0.5, 0.6) is 0 Å². The number of nitrogen functional groups attached to an aromatic ring is 1. The fourth-order valence-corrected chi connectivity index (χ4v) is 5.21. The highest BCUT2D eigenvalue weighted by Crippen LogP contribution is 2.36. The van der Waals surface area contributed by atoms with Crippen molar-refractivity contribution in [1.82, 2.24) is 24.5 Å². The fourth-order valence-electron chi connectivity index (χ4n) is 4.85. The number of aryl methyl sites for hydroxylation is 2. The third kappa shape index (κ3) is 3.51. The van der Waals surface area contributed by atoms with Crippen molar-refractivity contribution in [3.63, 3.8) is 0 Å². The van der Waals surface area contributed by atoms with Gasteiger partial charge >= 0.3 is 0 Å². The van der Waals surface area contributed by atoms with Crippen LogP contribution in [0.3, 0.4) is 0 Å². The smallest absolute Gasteiger partial charge is 0.191 e. The molecule has 3 aromatic carbocycles. The summed E-state index contributed by atoms with van der Waals surface area (Å²) in [6.45, 7) is 5.01. The lowest BCUT2D eigenvalue weighted by Crippen LogP contribution is -2.00. The van der Waals surface area contributed by atoms with Crippen molar-refractivity contribution in [1.29, 1.82) is 0 Å². The van der Waals surface area contributed by atoms with Gasteiger partial charge in [-0.2, -0.15) is 0 Å². The molecular weight excluding hydrogens is 452 g/mol. The van der Waals surface area contributed by atoms with Gasteiger partial charge in [0, 0.05) is 56.2 Å². The van der Waals surface area contributed by atoms with Gasteiger partial charge in [0.15, 0.2) is 16.8 Å². The maximum absolute atomic E-state index is 6.31. The van der Waals surface area contributed by atoms with E-state index in [1.807, 2.05) is 37.4 Å². The zero-order valence-corrected chi connectivity index (χ0v) is 20.6. The van der Waals surface area contributed by atoms with E-state index in [4.69, 9.17) is 20.7 Å². The minimum absolute atomic E-state index is 0.623. The van der Waals surface area contributed by atoms with Crippen LogP contribution in [0.4, 0.5) is 5.69 Å². The summed E-state index contributed by atoms with van der Waals surface area (Å²) in [7, 11) is 0. The molecule has 6 rings (SSSR count). The molecule has 0 atom stereocenters. The Kier molecular flexibility index (Phi) is 5.15. The van der Waals surface area contributed by atoms with Crippen molar-refractivity contribution >= 4 is 50.2 Å². The van der Waals surface area contributed by atoms with Gasteiger partial charge in [0.25, 0.3) is 0 Å². The highest BCUT2D eigenvalue weighted by Gasteiger charge is 2.18. The standard InChI is InChI=1S/C28H24N6S/c1-4-34-23-10-6-5-8-18(23)25-19(9-7-11-24(25)34)27-31-26(32-28(33-27)35-3)17-12-13-22-20(15-17)21(29)14-16(2)30-22/h5-15H,4H2,1-3H3,(H2,29,30). The normalized spacial score (nSPS) is 11.6. The average Bonchev–Trinajstić information content (AvgIpc) is 3.22. The topological polar surface area (TPSA) is 82.5 Å². The Hall–Kier alpha value is -3.97. The molecule has 0 unspecified atom stereocenters. The van der Waals surface area contributed by atoms with E-state index in [0.717, 1.165) is 39.7 Å². The van der Waals surface area contributed by atoms with Gasteiger partial charge in [-0.25, -0.2) is 15.0 Å². The van der Waals surface area contributed by atoms with Crippen LogP contribution >= 0.6 is 11.8 Å². The Morgan fingerprint density at radius 2 is 1.63 bits per heavy atom. The van der Waals surface area contributed by atoms with Crippen molar-refractivity contribution in [2.45, 2.75) is 25.5 Å². The molecule has 0 bridgehead atoms. The number of hydrogen-bond donors (Lipinski definition) is 1. The molecule has 6 nitrogen and oxygen atoms in total. The molecule has 172 valence electrons. The minimum Gasteiger partial charge on any atom is -0.398 e. The first-order valence-corrected chi connectivity index (χ1v) is 12.8. The van der Waals surface area contributed by atoms with E-state index in [1.54, 1.807) is 0 Å². The highest BCUT2D eigenvalue weighted by molar-refractivity contribution is 7.98. The third-order valence-corrected chi connectivity index (χ3v) is 6.93. The summed E-state index contributed by atoms with van der Waals surface area (Å²) in [4.78, 5) is 19.1. The largest absolute Gasteiger partial charge is 0.398 e. The van der Waals surface area contributed by atoms with Crippen LogP contribution < -0.4 is 5.73 Å². The quantitative estimate of drug-likeness (QED) is 0.293. The van der Waals surface area contributed by atoms with Gasteiger partial charge < -0.3 is 10.3 Å². The van der Waals surface area contributed by atoms with E-state index < -0.39 is 0 Å². The van der Waals surface area contributed by atoms with Gasteiger partial charge in [-0.05, 0) is 56.5 Å². The van der Waals surface area contributed by atoms with Crippen LogP contribution in [-0.2, 0) is 6.54 Å². The minimum atomic E-state index is 0.623. The molecule has 0 saturated carbocycles.